The third-order valence-electron chi connectivity index (χ3n) is 2.92. The Balaban J connectivity index is 1.51. The van der Waals surface area contributed by atoms with Crippen molar-refractivity contribution in [1.29, 1.82) is 0 Å². The molecule has 4 nitrogen and oxygen atoms in total. The molecule has 3 rings (SSSR count). The van der Waals surface area contributed by atoms with Crippen LogP contribution in [0.3, 0.4) is 0 Å². The van der Waals surface area contributed by atoms with E-state index >= 15 is 0 Å². The minimum absolute atomic E-state index is 0.267. The number of aromatic amines is 1. The molecule has 1 heterocycles. The van der Waals surface area contributed by atoms with Crippen molar-refractivity contribution in [2.45, 2.75) is 5.16 Å². The van der Waals surface area contributed by atoms with Crippen LogP contribution in [-0.2, 0) is 0 Å². The highest BCUT2D eigenvalue weighted by atomic mass is 32.2. The Labute approximate surface area is 131 Å². The van der Waals surface area contributed by atoms with E-state index in [1.54, 1.807) is 18.2 Å². The second kappa shape index (κ2) is 7.09. The van der Waals surface area contributed by atoms with Gasteiger partial charge >= 0.3 is 0 Å². The number of hydrogen-bond donors (Lipinski definition) is 1. The number of thioether (sulfide) groups is 1. The molecule has 0 atom stereocenters. The highest BCUT2D eigenvalue weighted by Crippen LogP contribution is 2.20. The van der Waals surface area contributed by atoms with Crippen LogP contribution in [-0.4, -0.2) is 27.5 Å². The van der Waals surface area contributed by atoms with Gasteiger partial charge in [-0.15, -0.1) is 5.10 Å². The van der Waals surface area contributed by atoms with Gasteiger partial charge in [0.2, 0.25) is 5.16 Å². The Morgan fingerprint density at radius 2 is 1.82 bits per heavy atom. The van der Waals surface area contributed by atoms with Gasteiger partial charge in [-0.3, -0.25) is 5.10 Å². The molecular formula is C16H14FN3OS. The lowest BCUT2D eigenvalue weighted by molar-refractivity contribution is 0.325. The van der Waals surface area contributed by atoms with E-state index in [0.29, 0.717) is 17.5 Å². The molecule has 112 valence electrons. The molecule has 0 bridgehead atoms. The van der Waals surface area contributed by atoms with Crippen LogP contribution < -0.4 is 4.74 Å². The van der Waals surface area contributed by atoms with Gasteiger partial charge in [0.15, 0.2) is 17.4 Å². The van der Waals surface area contributed by atoms with Crippen molar-refractivity contribution in [1.82, 2.24) is 15.2 Å². The minimum atomic E-state index is -0.350. The highest BCUT2D eigenvalue weighted by molar-refractivity contribution is 7.99. The summed E-state index contributed by atoms with van der Waals surface area (Å²) in [6.45, 7) is 0.390. The molecular weight excluding hydrogens is 301 g/mol. The van der Waals surface area contributed by atoms with Crippen molar-refractivity contribution < 1.29 is 9.13 Å². The molecule has 0 fully saturated rings. The largest absolute Gasteiger partial charge is 0.490 e. The normalized spacial score (nSPS) is 10.6. The summed E-state index contributed by atoms with van der Waals surface area (Å²) in [4.78, 5) is 4.41. The van der Waals surface area contributed by atoms with Gasteiger partial charge in [-0.05, 0) is 12.1 Å². The molecule has 0 aliphatic heterocycles. The first-order valence-electron chi connectivity index (χ1n) is 6.81. The predicted octanol–water partition coefficient (Wildman–Crippen LogP) is 3.78. The summed E-state index contributed by atoms with van der Waals surface area (Å²) in [5, 5.41) is 7.71. The molecule has 2 aromatic carbocycles. The number of aromatic nitrogens is 3. The number of benzene rings is 2. The van der Waals surface area contributed by atoms with Crippen LogP contribution >= 0.6 is 11.8 Å². The summed E-state index contributed by atoms with van der Waals surface area (Å²) in [6, 6.07) is 16.2. The van der Waals surface area contributed by atoms with E-state index in [2.05, 4.69) is 15.2 Å². The Morgan fingerprint density at radius 1 is 1.05 bits per heavy atom. The monoisotopic (exact) mass is 315 g/mol. The molecule has 0 saturated heterocycles. The molecule has 0 aliphatic carbocycles. The van der Waals surface area contributed by atoms with Crippen LogP contribution in [0.4, 0.5) is 4.39 Å². The Kier molecular flexibility index (Phi) is 4.70. The van der Waals surface area contributed by atoms with Crippen molar-refractivity contribution in [3.8, 4) is 17.1 Å². The number of nitrogens with one attached hydrogen (secondary N) is 1. The van der Waals surface area contributed by atoms with Crippen LogP contribution in [0.5, 0.6) is 5.75 Å². The maximum absolute atomic E-state index is 13.4. The first kappa shape index (κ1) is 14.6. The van der Waals surface area contributed by atoms with Gasteiger partial charge in [0, 0.05) is 11.3 Å². The van der Waals surface area contributed by atoms with Crippen molar-refractivity contribution >= 4 is 11.8 Å². The Morgan fingerprint density at radius 3 is 2.64 bits per heavy atom. The van der Waals surface area contributed by atoms with Crippen molar-refractivity contribution in [2.24, 2.45) is 0 Å². The molecule has 1 N–H and O–H groups in total. The minimum Gasteiger partial charge on any atom is -0.490 e. The third kappa shape index (κ3) is 3.65. The third-order valence-corrected chi connectivity index (χ3v) is 3.73. The molecule has 1 aromatic heterocycles. The Bertz CT molecular complexity index is 733. The smallest absolute Gasteiger partial charge is 0.208 e. The molecule has 3 aromatic rings. The van der Waals surface area contributed by atoms with Crippen LogP contribution in [0.15, 0.2) is 59.8 Å². The van der Waals surface area contributed by atoms with Crippen molar-refractivity contribution in [3.05, 3.63) is 60.4 Å². The fourth-order valence-electron chi connectivity index (χ4n) is 1.88. The van der Waals surface area contributed by atoms with Crippen molar-refractivity contribution in [2.75, 3.05) is 12.4 Å². The zero-order valence-electron chi connectivity index (χ0n) is 11.7. The van der Waals surface area contributed by atoms with E-state index < -0.39 is 0 Å². The zero-order valence-corrected chi connectivity index (χ0v) is 12.5. The second-order valence-electron chi connectivity index (χ2n) is 4.46. The average Bonchev–Trinajstić information content (AvgIpc) is 3.03. The molecule has 0 aliphatic rings. The van der Waals surface area contributed by atoms with Gasteiger partial charge in [0.25, 0.3) is 0 Å². The number of para-hydroxylation sites is 1. The van der Waals surface area contributed by atoms with Gasteiger partial charge in [0.05, 0.1) is 6.61 Å². The van der Waals surface area contributed by atoms with E-state index in [-0.39, 0.29) is 11.6 Å². The molecule has 0 spiro atoms. The lowest BCUT2D eigenvalue weighted by atomic mass is 10.2. The van der Waals surface area contributed by atoms with Crippen LogP contribution in [0.2, 0.25) is 0 Å². The maximum Gasteiger partial charge on any atom is 0.208 e. The molecule has 0 amide bonds. The number of nitrogens with zero attached hydrogens (tertiary/aromatic N) is 2. The number of H-pyrrole nitrogens is 1. The molecule has 0 saturated carbocycles. The first-order chi connectivity index (χ1) is 10.8. The van der Waals surface area contributed by atoms with Gasteiger partial charge < -0.3 is 4.74 Å². The van der Waals surface area contributed by atoms with Gasteiger partial charge in [-0.1, -0.05) is 54.2 Å². The zero-order chi connectivity index (χ0) is 15.2. The average molecular weight is 315 g/mol. The first-order valence-corrected chi connectivity index (χ1v) is 7.79. The summed E-state index contributed by atoms with van der Waals surface area (Å²) < 4.78 is 18.8. The van der Waals surface area contributed by atoms with E-state index in [1.165, 1.54) is 17.8 Å². The summed E-state index contributed by atoms with van der Waals surface area (Å²) in [5.74, 6) is 1.29. The maximum atomic E-state index is 13.4. The number of rotatable bonds is 6. The van der Waals surface area contributed by atoms with Gasteiger partial charge in [0.1, 0.15) is 0 Å². The number of halogens is 1. The SMILES string of the molecule is Fc1ccccc1OCCSc1n[nH]c(-c2ccccc2)n1. The van der Waals surface area contributed by atoms with Crippen molar-refractivity contribution in [3.63, 3.8) is 0 Å². The summed E-state index contributed by atoms with van der Waals surface area (Å²) >= 11 is 1.46. The van der Waals surface area contributed by atoms with E-state index in [0.717, 1.165) is 11.4 Å². The van der Waals surface area contributed by atoms with Gasteiger partial charge in [-0.25, -0.2) is 9.37 Å². The lowest BCUT2D eigenvalue weighted by Crippen LogP contribution is -2.01. The van der Waals surface area contributed by atoms with E-state index in [9.17, 15) is 4.39 Å². The number of hydrogen-bond acceptors (Lipinski definition) is 4. The summed E-state index contributed by atoms with van der Waals surface area (Å²) in [7, 11) is 0. The molecule has 0 unspecified atom stereocenters. The summed E-state index contributed by atoms with van der Waals surface area (Å²) in [5.41, 5.74) is 0.990. The lowest BCUT2D eigenvalue weighted by Gasteiger charge is -2.05. The van der Waals surface area contributed by atoms with Crippen LogP contribution in [0.25, 0.3) is 11.4 Å². The summed E-state index contributed by atoms with van der Waals surface area (Å²) in [6.07, 6.45) is 0. The fraction of sp³-hybridized carbons (Fsp3) is 0.125. The van der Waals surface area contributed by atoms with Crippen LogP contribution in [0, 0.1) is 5.82 Å². The van der Waals surface area contributed by atoms with E-state index in [4.69, 9.17) is 4.74 Å². The standard InChI is InChI=1S/C16H14FN3OS/c17-13-8-4-5-9-14(13)21-10-11-22-16-18-15(19-20-16)12-6-2-1-3-7-12/h1-9H,10-11H2,(H,18,19,20). The number of ether oxygens (including phenoxy) is 1. The fourth-order valence-corrected chi connectivity index (χ4v) is 2.50. The van der Waals surface area contributed by atoms with E-state index in [1.807, 2.05) is 30.3 Å². The predicted molar refractivity (Wildman–Crippen MR) is 84.4 cm³/mol. The topological polar surface area (TPSA) is 50.8 Å². The highest BCUT2D eigenvalue weighted by Gasteiger charge is 2.06. The van der Waals surface area contributed by atoms with Gasteiger partial charge in [-0.2, -0.15) is 0 Å². The molecule has 22 heavy (non-hydrogen) atoms. The quantitative estimate of drug-likeness (QED) is 0.555. The Hall–Kier alpha value is -2.34. The second-order valence-corrected chi connectivity index (χ2v) is 5.52. The molecule has 6 heteroatoms. The van der Waals surface area contributed by atoms with Crippen LogP contribution in [0.1, 0.15) is 0 Å². The molecule has 0 radical (unpaired) electrons.